The van der Waals surface area contributed by atoms with Crippen molar-refractivity contribution in [3.05, 3.63) is 91.0 Å². The Hall–Kier alpha value is -4.06. The van der Waals surface area contributed by atoms with E-state index in [9.17, 15) is 9.59 Å². The molecule has 0 amide bonds. The maximum Gasteiger partial charge on any atom is 0.343 e. The van der Waals surface area contributed by atoms with Crippen LogP contribution in [0.4, 0.5) is 0 Å². The van der Waals surface area contributed by atoms with Gasteiger partial charge in [0.2, 0.25) is 0 Å². The van der Waals surface area contributed by atoms with Crippen molar-refractivity contribution >= 4 is 22.7 Å². The fraction of sp³-hybridized carbons (Fsp3) is 0.267. The Labute approximate surface area is 212 Å². The minimum atomic E-state index is -0.453. The minimum Gasteiger partial charge on any atom is -0.494 e. The van der Waals surface area contributed by atoms with Crippen LogP contribution in [-0.2, 0) is 16.0 Å². The summed E-state index contributed by atoms with van der Waals surface area (Å²) in [5, 5.41) is 1.89. The van der Waals surface area contributed by atoms with Crippen molar-refractivity contribution in [1.82, 2.24) is 0 Å². The predicted octanol–water partition coefficient (Wildman–Crippen LogP) is 6.46. The van der Waals surface area contributed by atoms with Crippen LogP contribution in [0, 0.1) is 0 Å². The van der Waals surface area contributed by atoms with Gasteiger partial charge in [0.25, 0.3) is 0 Å². The molecule has 0 fully saturated rings. The highest BCUT2D eigenvalue weighted by Crippen LogP contribution is 2.30. The number of unbranched alkanes of at least 4 members (excludes halogenated alkanes) is 3. The Morgan fingerprint density at radius 3 is 2.33 bits per heavy atom. The number of hydrogen-bond donors (Lipinski definition) is 0. The van der Waals surface area contributed by atoms with Crippen LogP contribution in [0.3, 0.4) is 0 Å². The smallest absolute Gasteiger partial charge is 0.343 e. The molecule has 6 heteroatoms. The van der Waals surface area contributed by atoms with E-state index in [0.29, 0.717) is 36.7 Å². The lowest BCUT2D eigenvalue weighted by atomic mass is 10.1. The number of carbonyl (C=O) groups excluding carboxylic acids is 2. The third-order valence-electron chi connectivity index (χ3n) is 5.58. The van der Waals surface area contributed by atoms with Gasteiger partial charge in [-0.25, -0.2) is 9.59 Å². The third kappa shape index (κ3) is 7.73. The molecule has 3 rings (SSSR count). The average Bonchev–Trinajstić information content (AvgIpc) is 2.90. The van der Waals surface area contributed by atoms with Crippen LogP contribution in [0.25, 0.3) is 10.8 Å². The van der Waals surface area contributed by atoms with Gasteiger partial charge in [0, 0.05) is 6.08 Å². The first-order valence-corrected chi connectivity index (χ1v) is 12.0. The molecule has 36 heavy (non-hydrogen) atoms. The Kier molecular flexibility index (Phi) is 10.1. The van der Waals surface area contributed by atoms with Crippen LogP contribution in [-0.4, -0.2) is 32.3 Å². The number of carbonyl (C=O) groups is 2. The zero-order valence-electron chi connectivity index (χ0n) is 20.7. The SMILES string of the molecule is C=CCc1ccc(OC(=O)c2ccc3cc(OCCCCCCOC(=O)C=C)ccc3c2)c(OC)c1. The molecule has 3 aromatic carbocycles. The normalized spacial score (nSPS) is 10.5. The first-order valence-electron chi connectivity index (χ1n) is 12.0. The van der Waals surface area contributed by atoms with Crippen molar-refractivity contribution < 1.29 is 28.5 Å². The molecule has 6 nitrogen and oxygen atoms in total. The first-order chi connectivity index (χ1) is 17.5. The lowest BCUT2D eigenvalue weighted by Crippen LogP contribution is -2.09. The fourth-order valence-corrected chi connectivity index (χ4v) is 3.67. The second-order valence-electron chi connectivity index (χ2n) is 8.23. The second kappa shape index (κ2) is 13.7. The molecule has 0 aliphatic heterocycles. The number of methoxy groups -OCH3 is 1. The van der Waals surface area contributed by atoms with Gasteiger partial charge >= 0.3 is 11.9 Å². The molecule has 0 saturated heterocycles. The molecule has 0 radical (unpaired) electrons. The molecule has 3 aromatic rings. The van der Waals surface area contributed by atoms with Gasteiger partial charge in [-0.2, -0.15) is 0 Å². The van der Waals surface area contributed by atoms with Gasteiger partial charge in [0.1, 0.15) is 5.75 Å². The summed E-state index contributed by atoms with van der Waals surface area (Å²) in [4.78, 5) is 23.8. The molecule has 0 unspecified atom stereocenters. The lowest BCUT2D eigenvalue weighted by Gasteiger charge is -2.11. The molecule has 0 aliphatic rings. The van der Waals surface area contributed by atoms with E-state index in [1.54, 1.807) is 31.4 Å². The Morgan fingerprint density at radius 2 is 1.58 bits per heavy atom. The number of ether oxygens (including phenoxy) is 4. The van der Waals surface area contributed by atoms with Crippen molar-refractivity contribution in [2.24, 2.45) is 0 Å². The predicted molar refractivity (Wildman–Crippen MR) is 141 cm³/mol. The molecule has 0 saturated carbocycles. The lowest BCUT2D eigenvalue weighted by molar-refractivity contribution is -0.137. The number of esters is 2. The highest BCUT2D eigenvalue weighted by atomic mass is 16.6. The summed E-state index contributed by atoms with van der Waals surface area (Å²) >= 11 is 0. The number of rotatable bonds is 14. The number of allylic oxidation sites excluding steroid dienone is 1. The van der Waals surface area contributed by atoms with E-state index in [1.165, 1.54) is 6.08 Å². The Morgan fingerprint density at radius 1 is 0.833 bits per heavy atom. The maximum atomic E-state index is 12.8. The van der Waals surface area contributed by atoms with E-state index in [1.807, 2.05) is 36.4 Å². The second-order valence-corrected chi connectivity index (χ2v) is 8.23. The van der Waals surface area contributed by atoms with Gasteiger partial charge in [-0.15, -0.1) is 6.58 Å². The van der Waals surface area contributed by atoms with Crippen LogP contribution < -0.4 is 14.2 Å². The summed E-state index contributed by atoms with van der Waals surface area (Å²) in [7, 11) is 1.55. The van der Waals surface area contributed by atoms with E-state index in [-0.39, 0.29) is 5.97 Å². The molecular weight excluding hydrogens is 456 g/mol. The molecule has 0 N–H and O–H groups in total. The summed E-state index contributed by atoms with van der Waals surface area (Å²) in [5.74, 6) is 0.819. The van der Waals surface area contributed by atoms with E-state index in [0.717, 1.165) is 47.8 Å². The van der Waals surface area contributed by atoms with Gasteiger partial charge in [-0.1, -0.05) is 30.9 Å². The summed E-state index contributed by atoms with van der Waals surface area (Å²) < 4.78 is 21.8. The van der Waals surface area contributed by atoms with Crippen LogP contribution >= 0.6 is 0 Å². The highest BCUT2D eigenvalue weighted by Gasteiger charge is 2.14. The van der Waals surface area contributed by atoms with E-state index >= 15 is 0 Å². The Balaban J connectivity index is 1.52. The van der Waals surface area contributed by atoms with Crippen LogP contribution in [0.5, 0.6) is 17.2 Å². The monoisotopic (exact) mass is 488 g/mol. The van der Waals surface area contributed by atoms with Crippen molar-refractivity contribution in [2.75, 3.05) is 20.3 Å². The van der Waals surface area contributed by atoms with E-state index in [4.69, 9.17) is 18.9 Å². The molecule has 188 valence electrons. The van der Waals surface area contributed by atoms with Gasteiger partial charge in [-0.3, -0.25) is 0 Å². The van der Waals surface area contributed by atoms with Crippen molar-refractivity contribution in [3.8, 4) is 17.2 Å². The first kappa shape index (κ1) is 26.5. The standard InChI is InChI=1S/C30H32O6/c1-4-10-22-11-16-27(28(19-22)33-3)36-30(32)25-13-12-24-21-26(15-14-23(24)20-25)34-17-8-6-7-9-18-35-29(31)5-2/h4-5,11-16,19-21H,1-2,6-10,17-18H2,3H3. The van der Waals surface area contributed by atoms with Crippen molar-refractivity contribution in [1.29, 1.82) is 0 Å². The van der Waals surface area contributed by atoms with Crippen molar-refractivity contribution in [3.63, 3.8) is 0 Å². The largest absolute Gasteiger partial charge is 0.494 e. The summed E-state index contributed by atoms with van der Waals surface area (Å²) in [6.07, 6.45) is 7.38. The summed E-state index contributed by atoms with van der Waals surface area (Å²) in [5.41, 5.74) is 1.48. The van der Waals surface area contributed by atoms with Crippen LogP contribution in [0.1, 0.15) is 41.6 Å². The molecular formula is C30H32O6. The quantitative estimate of drug-likeness (QED) is 0.0852. The molecule has 0 aromatic heterocycles. The maximum absolute atomic E-state index is 12.8. The molecule has 0 atom stereocenters. The topological polar surface area (TPSA) is 71.1 Å². The van der Waals surface area contributed by atoms with E-state index < -0.39 is 5.97 Å². The Bertz CT molecular complexity index is 1210. The number of fused-ring (bicyclic) bond motifs is 1. The van der Waals surface area contributed by atoms with Crippen molar-refractivity contribution in [2.45, 2.75) is 32.1 Å². The fourth-order valence-electron chi connectivity index (χ4n) is 3.67. The molecule has 0 aliphatic carbocycles. The van der Waals surface area contributed by atoms with Crippen LogP contribution in [0.15, 0.2) is 79.9 Å². The van der Waals surface area contributed by atoms with Crippen LogP contribution in [0.2, 0.25) is 0 Å². The molecule has 0 spiro atoms. The number of hydrogen-bond acceptors (Lipinski definition) is 6. The van der Waals surface area contributed by atoms with Gasteiger partial charge in [-0.05, 0) is 84.8 Å². The zero-order valence-corrected chi connectivity index (χ0v) is 20.7. The summed E-state index contributed by atoms with van der Waals surface area (Å²) in [6.45, 7) is 8.14. The van der Waals surface area contributed by atoms with Gasteiger partial charge in [0.05, 0.1) is 25.9 Å². The molecule has 0 bridgehead atoms. The summed E-state index contributed by atoms with van der Waals surface area (Å²) in [6, 6.07) is 16.7. The zero-order chi connectivity index (χ0) is 25.8. The highest BCUT2D eigenvalue weighted by molar-refractivity contribution is 5.97. The van der Waals surface area contributed by atoms with Gasteiger partial charge < -0.3 is 18.9 Å². The van der Waals surface area contributed by atoms with Gasteiger partial charge in [0.15, 0.2) is 11.5 Å². The average molecular weight is 489 g/mol. The number of benzene rings is 3. The minimum absolute atomic E-state index is 0.372. The third-order valence-corrected chi connectivity index (χ3v) is 5.58. The molecule has 0 heterocycles. The van der Waals surface area contributed by atoms with E-state index in [2.05, 4.69) is 13.2 Å².